The number of amides is 2. The summed E-state index contributed by atoms with van der Waals surface area (Å²) in [6.45, 7) is 0.636. The lowest BCUT2D eigenvalue weighted by atomic mass is 10.2. The van der Waals surface area contributed by atoms with Gasteiger partial charge in [0.1, 0.15) is 11.5 Å². The van der Waals surface area contributed by atoms with Gasteiger partial charge in [0.15, 0.2) is 6.61 Å². The number of hydrogen-bond acceptors (Lipinski definition) is 4. The fourth-order valence-corrected chi connectivity index (χ4v) is 3.49. The first kappa shape index (κ1) is 19.5. The zero-order valence-electron chi connectivity index (χ0n) is 16.6. The molecule has 1 heterocycles. The Balaban J connectivity index is 1.34. The van der Waals surface area contributed by atoms with Crippen LogP contribution in [0.25, 0.3) is 0 Å². The number of para-hydroxylation sites is 2. The Morgan fingerprint density at radius 1 is 0.967 bits per heavy atom. The maximum Gasteiger partial charge on any atom is 0.264 e. The standard InChI is InChI=1S/C24H22N2O4/c1-29-22-9-5-3-7-20(22)24(28)25-18-10-12-19(13-11-18)30-16-23(27)26-15-14-17-6-2-4-8-21(17)26/h2-13H,14-16H2,1H3,(H,25,28). The fourth-order valence-electron chi connectivity index (χ4n) is 3.49. The van der Waals surface area contributed by atoms with Crippen LogP contribution in [0.4, 0.5) is 11.4 Å². The zero-order valence-corrected chi connectivity index (χ0v) is 16.6. The third-order valence-corrected chi connectivity index (χ3v) is 5.01. The monoisotopic (exact) mass is 402 g/mol. The van der Waals surface area contributed by atoms with Crippen molar-refractivity contribution in [1.82, 2.24) is 0 Å². The lowest BCUT2D eigenvalue weighted by molar-refractivity contribution is -0.120. The smallest absolute Gasteiger partial charge is 0.264 e. The van der Waals surface area contributed by atoms with Crippen LogP contribution < -0.4 is 19.7 Å². The Morgan fingerprint density at radius 3 is 2.50 bits per heavy atom. The first-order valence-corrected chi connectivity index (χ1v) is 9.71. The van der Waals surface area contributed by atoms with Gasteiger partial charge in [0.05, 0.1) is 12.7 Å². The van der Waals surface area contributed by atoms with E-state index in [1.54, 1.807) is 47.4 Å². The molecule has 0 aromatic heterocycles. The van der Waals surface area contributed by atoms with Crippen LogP contribution >= 0.6 is 0 Å². The summed E-state index contributed by atoms with van der Waals surface area (Å²) in [6, 6.07) is 21.9. The molecule has 0 unspecified atom stereocenters. The molecular weight excluding hydrogens is 380 g/mol. The van der Waals surface area contributed by atoms with Gasteiger partial charge < -0.3 is 19.7 Å². The predicted octanol–water partition coefficient (Wildman–Crippen LogP) is 3.92. The minimum Gasteiger partial charge on any atom is -0.496 e. The normalized spacial score (nSPS) is 12.2. The highest BCUT2D eigenvalue weighted by atomic mass is 16.5. The maximum absolute atomic E-state index is 12.5. The maximum atomic E-state index is 12.5. The van der Waals surface area contributed by atoms with Crippen molar-refractivity contribution in [3.8, 4) is 11.5 Å². The summed E-state index contributed by atoms with van der Waals surface area (Å²) < 4.78 is 10.9. The molecule has 6 heteroatoms. The molecule has 152 valence electrons. The van der Waals surface area contributed by atoms with E-state index in [0.29, 0.717) is 29.3 Å². The number of nitrogens with zero attached hydrogens (tertiary/aromatic N) is 1. The molecule has 1 aliphatic heterocycles. The Bertz CT molecular complexity index is 1060. The third-order valence-electron chi connectivity index (χ3n) is 5.01. The second-order valence-electron chi connectivity index (χ2n) is 6.89. The number of carbonyl (C=O) groups is 2. The number of rotatable bonds is 6. The molecule has 6 nitrogen and oxygen atoms in total. The largest absolute Gasteiger partial charge is 0.496 e. The molecule has 3 aromatic rings. The molecule has 1 aliphatic rings. The first-order chi connectivity index (χ1) is 14.7. The molecular formula is C24H22N2O4. The molecule has 3 aromatic carbocycles. The molecule has 0 fully saturated rings. The van der Waals surface area contributed by atoms with Crippen molar-refractivity contribution in [2.24, 2.45) is 0 Å². The van der Waals surface area contributed by atoms with Crippen LogP contribution in [0.15, 0.2) is 72.8 Å². The van der Waals surface area contributed by atoms with E-state index < -0.39 is 0 Å². The second kappa shape index (κ2) is 8.69. The quantitative estimate of drug-likeness (QED) is 0.679. The number of ether oxygens (including phenoxy) is 2. The van der Waals surface area contributed by atoms with Gasteiger partial charge in [-0.05, 0) is 54.4 Å². The molecule has 0 atom stereocenters. The number of carbonyl (C=O) groups excluding carboxylic acids is 2. The number of benzene rings is 3. The molecule has 0 bridgehead atoms. The summed E-state index contributed by atoms with van der Waals surface area (Å²) in [5.74, 6) is 0.737. The minimum absolute atomic E-state index is 0.0404. The highest BCUT2D eigenvalue weighted by Crippen LogP contribution is 2.27. The molecule has 30 heavy (non-hydrogen) atoms. The average Bonchev–Trinajstić information content (AvgIpc) is 3.22. The summed E-state index contributed by atoms with van der Waals surface area (Å²) in [6.07, 6.45) is 0.864. The van der Waals surface area contributed by atoms with Crippen molar-refractivity contribution >= 4 is 23.2 Å². The molecule has 0 spiro atoms. The number of anilines is 2. The Labute approximate surface area is 175 Å². The van der Waals surface area contributed by atoms with E-state index in [9.17, 15) is 9.59 Å². The van der Waals surface area contributed by atoms with Gasteiger partial charge in [-0.1, -0.05) is 30.3 Å². The third kappa shape index (κ3) is 4.12. The average molecular weight is 402 g/mol. The summed E-state index contributed by atoms with van der Waals surface area (Å²) in [5, 5.41) is 2.83. The predicted molar refractivity (Wildman–Crippen MR) is 115 cm³/mol. The second-order valence-corrected chi connectivity index (χ2v) is 6.89. The minimum atomic E-state index is -0.260. The van der Waals surface area contributed by atoms with E-state index in [4.69, 9.17) is 9.47 Å². The van der Waals surface area contributed by atoms with Crippen molar-refractivity contribution in [3.05, 3.63) is 83.9 Å². The first-order valence-electron chi connectivity index (χ1n) is 9.71. The van der Waals surface area contributed by atoms with Crippen molar-refractivity contribution in [2.75, 3.05) is 30.5 Å². The molecule has 0 radical (unpaired) electrons. The number of hydrogen-bond donors (Lipinski definition) is 1. The lowest BCUT2D eigenvalue weighted by Crippen LogP contribution is -2.33. The van der Waals surface area contributed by atoms with Crippen molar-refractivity contribution in [3.63, 3.8) is 0 Å². The van der Waals surface area contributed by atoms with Crippen LogP contribution in [0, 0.1) is 0 Å². The molecule has 4 rings (SSSR count). The van der Waals surface area contributed by atoms with Gasteiger partial charge in [-0.25, -0.2) is 0 Å². The zero-order chi connectivity index (χ0) is 20.9. The van der Waals surface area contributed by atoms with E-state index in [0.717, 1.165) is 12.1 Å². The number of methoxy groups -OCH3 is 1. The van der Waals surface area contributed by atoms with E-state index in [-0.39, 0.29) is 18.4 Å². The Morgan fingerprint density at radius 2 is 1.70 bits per heavy atom. The molecule has 1 N–H and O–H groups in total. The highest BCUT2D eigenvalue weighted by molar-refractivity contribution is 6.06. The van der Waals surface area contributed by atoms with Gasteiger partial charge in [-0.15, -0.1) is 0 Å². The van der Waals surface area contributed by atoms with E-state index in [1.807, 2.05) is 30.3 Å². The van der Waals surface area contributed by atoms with Crippen LogP contribution in [0.2, 0.25) is 0 Å². The van der Waals surface area contributed by atoms with Crippen LogP contribution in [0.5, 0.6) is 11.5 Å². The fraction of sp³-hybridized carbons (Fsp3) is 0.167. The summed E-state index contributed by atoms with van der Waals surface area (Å²) in [4.78, 5) is 26.8. The summed E-state index contributed by atoms with van der Waals surface area (Å²) >= 11 is 0. The topological polar surface area (TPSA) is 67.9 Å². The van der Waals surface area contributed by atoms with Crippen molar-refractivity contribution < 1.29 is 19.1 Å². The summed E-state index contributed by atoms with van der Waals surface area (Å²) in [7, 11) is 1.53. The lowest BCUT2D eigenvalue weighted by Gasteiger charge is -2.17. The van der Waals surface area contributed by atoms with E-state index in [2.05, 4.69) is 5.32 Å². The van der Waals surface area contributed by atoms with Gasteiger partial charge in [0.25, 0.3) is 11.8 Å². The van der Waals surface area contributed by atoms with Crippen LogP contribution in [0.3, 0.4) is 0 Å². The molecule has 0 aliphatic carbocycles. The van der Waals surface area contributed by atoms with Crippen LogP contribution in [-0.4, -0.2) is 32.1 Å². The van der Waals surface area contributed by atoms with E-state index in [1.165, 1.54) is 12.7 Å². The number of fused-ring (bicyclic) bond motifs is 1. The van der Waals surface area contributed by atoms with Crippen molar-refractivity contribution in [1.29, 1.82) is 0 Å². The molecule has 0 saturated heterocycles. The SMILES string of the molecule is COc1ccccc1C(=O)Nc1ccc(OCC(=O)N2CCc3ccccc32)cc1. The Hall–Kier alpha value is -3.80. The van der Waals surface area contributed by atoms with Gasteiger partial charge in [-0.2, -0.15) is 0 Å². The van der Waals surface area contributed by atoms with Crippen LogP contribution in [-0.2, 0) is 11.2 Å². The highest BCUT2D eigenvalue weighted by Gasteiger charge is 2.24. The molecule has 2 amide bonds. The van der Waals surface area contributed by atoms with Gasteiger partial charge in [0, 0.05) is 17.9 Å². The van der Waals surface area contributed by atoms with Gasteiger partial charge in [0.2, 0.25) is 0 Å². The Kier molecular flexibility index (Phi) is 5.66. The molecule has 0 saturated carbocycles. The summed E-state index contributed by atoms with van der Waals surface area (Å²) in [5.41, 5.74) is 3.22. The van der Waals surface area contributed by atoms with Crippen molar-refractivity contribution in [2.45, 2.75) is 6.42 Å². The van der Waals surface area contributed by atoms with Gasteiger partial charge in [-0.3, -0.25) is 9.59 Å². The van der Waals surface area contributed by atoms with Gasteiger partial charge >= 0.3 is 0 Å². The number of nitrogens with one attached hydrogen (secondary N) is 1. The van der Waals surface area contributed by atoms with E-state index >= 15 is 0 Å². The van der Waals surface area contributed by atoms with Crippen LogP contribution in [0.1, 0.15) is 15.9 Å².